The van der Waals surface area contributed by atoms with Gasteiger partial charge in [0.15, 0.2) is 0 Å². The van der Waals surface area contributed by atoms with Crippen LogP contribution in [0.1, 0.15) is 26.0 Å². The average Bonchev–Trinajstić information content (AvgIpc) is 3.16. The second-order valence-electron chi connectivity index (χ2n) is 8.03. The van der Waals surface area contributed by atoms with E-state index < -0.39 is 10.0 Å². The maximum absolute atomic E-state index is 12.4. The molecule has 0 saturated carbocycles. The normalized spacial score (nSPS) is 12.1. The van der Waals surface area contributed by atoms with Crippen molar-refractivity contribution in [3.8, 4) is 16.9 Å². The zero-order valence-electron chi connectivity index (χ0n) is 18.2. The summed E-state index contributed by atoms with van der Waals surface area (Å²) >= 11 is 3.47. The van der Waals surface area contributed by atoms with Crippen molar-refractivity contribution in [2.75, 3.05) is 14.1 Å². The molecule has 0 N–H and O–H groups in total. The molecule has 8 heteroatoms. The first kappa shape index (κ1) is 23.2. The molecule has 0 aliphatic heterocycles. The Balaban J connectivity index is 1.97. The lowest BCUT2D eigenvalue weighted by Crippen LogP contribution is -2.10. The van der Waals surface area contributed by atoms with Gasteiger partial charge in [-0.1, -0.05) is 41.9 Å². The number of benzene rings is 2. The molecule has 1 aromatic heterocycles. The topological polar surface area (TPSA) is 67.6 Å². The Labute approximate surface area is 192 Å². The zero-order chi connectivity index (χ0) is 22.6. The lowest BCUT2D eigenvalue weighted by atomic mass is 10.1. The quantitative estimate of drug-likeness (QED) is 0.314. The van der Waals surface area contributed by atoms with Gasteiger partial charge >= 0.3 is 0 Å². The molecule has 0 bridgehead atoms. The Morgan fingerprint density at radius 2 is 1.74 bits per heavy atom. The number of aromatic nitrogens is 2. The van der Waals surface area contributed by atoms with Gasteiger partial charge in [-0.25, -0.2) is 4.68 Å². The molecule has 3 rings (SSSR count). The molecule has 0 atom stereocenters. The van der Waals surface area contributed by atoms with E-state index in [1.165, 1.54) is 6.34 Å². The maximum atomic E-state index is 12.4. The van der Waals surface area contributed by atoms with Crippen LogP contribution in [0.25, 0.3) is 16.9 Å². The van der Waals surface area contributed by atoms with Crippen LogP contribution in [0.5, 0.6) is 0 Å². The molecule has 1 heterocycles. The second-order valence-corrected chi connectivity index (χ2v) is 10.6. The number of aryl methyl sites for hydroxylation is 1. The van der Waals surface area contributed by atoms with Gasteiger partial charge in [-0.2, -0.15) is 13.5 Å². The van der Waals surface area contributed by atoms with Gasteiger partial charge in [0.05, 0.1) is 16.3 Å². The molecular formula is C23H27BrN4O2S. The Morgan fingerprint density at radius 1 is 1.10 bits per heavy atom. The molecule has 0 aliphatic carbocycles. The molecule has 0 amide bonds. The van der Waals surface area contributed by atoms with Gasteiger partial charge in [0.2, 0.25) is 0 Å². The highest BCUT2D eigenvalue weighted by atomic mass is 79.9. The fraction of sp³-hybridized carbons (Fsp3) is 0.304. The van der Waals surface area contributed by atoms with Gasteiger partial charge < -0.3 is 4.90 Å². The molecular weight excluding hydrogens is 476 g/mol. The molecule has 0 fully saturated rings. The van der Waals surface area contributed by atoms with Crippen molar-refractivity contribution in [1.82, 2.24) is 14.7 Å². The van der Waals surface area contributed by atoms with E-state index in [0.717, 1.165) is 40.0 Å². The van der Waals surface area contributed by atoms with Crippen molar-refractivity contribution >= 4 is 32.3 Å². The summed E-state index contributed by atoms with van der Waals surface area (Å²) in [6, 6.07) is 16.9. The van der Waals surface area contributed by atoms with Crippen LogP contribution in [0.3, 0.4) is 0 Å². The fourth-order valence-corrected chi connectivity index (χ4v) is 4.17. The predicted octanol–water partition coefficient (Wildman–Crippen LogP) is 5.17. The molecule has 2 aromatic carbocycles. The van der Waals surface area contributed by atoms with Crippen LogP contribution in [0.15, 0.2) is 68.4 Å². The number of halogens is 1. The first-order chi connectivity index (χ1) is 14.7. The monoisotopic (exact) mass is 502 g/mol. The number of sulfonamides is 1. The van der Waals surface area contributed by atoms with Crippen LogP contribution in [0, 0.1) is 5.92 Å². The van der Waals surface area contributed by atoms with Crippen molar-refractivity contribution in [3.05, 3.63) is 64.8 Å². The summed E-state index contributed by atoms with van der Waals surface area (Å²) in [5, 5.41) is 4.83. The highest BCUT2D eigenvalue weighted by Crippen LogP contribution is 2.25. The highest BCUT2D eigenvalue weighted by molar-refractivity contribution is 9.10. The Hall–Kier alpha value is -2.45. The largest absolute Gasteiger partial charge is 0.368 e. The number of hydrogen-bond acceptors (Lipinski definition) is 3. The van der Waals surface area contributed by atoms with Gasteiger partial charge in [0.1, 0.15) is 6.34 Å². The maximum Gasteiger partial charge on any atom is 0.283 e. The van der Waals surface area contributed by atoms with E-state index in [0.29, 0.717) is 5.92 Å². The van der Waals surface area contributed by atoms with Crippen molar-refractivity contribution in [1.29, 1.82) is 0 Å². The van der Waals surface area contributed by atoms with Gasteiger partial charge in [-0.3, -0.25) is 0 Å². The van der Waals surface area contributed by atoms with Crippen LogP contribution >= 0.6 is 15.9 Å². The minimum Gasteiger partial charge on any atom is -0.368 e. The van der Waals surface area contributed by atoms with Crippen molar-refractivity contribution in [2.45, 2.75) is 31.6 Å². The molecule has 0 saturated heterocycles. The summed E-state index contributed by atoms with van der Waals surface area (Å²) in [4.78, 5) is 1.73. The summed E-state index contributed by atoms with van der Waals surface area (Å²) in [6.45, 7) is 4.40. The third-order valence-corrected chi connectivity index (χ3v) is 6.47. The van der Waals surface area contributed by atoms with E-state index in [-0.39, 0.29) is 4.90 Å². The molecule has 0 radical (unpaired) electrons. The summed E-state index contributed by atoms with van der Waals surface area (Å²) in [6.07, 6.45) is 3.21. The minimum absolute atomic E-state index is 0.151. The molecule has 31 heavy (non-hydrogen) atoms. The third-order valence-electron chi connectivity index (χ3n) is 4.70. The Kier molecular flexibility index (Phi) is 7.33. The summed E-state index contributed by atoms with van der Waals surface area (Å²) in [5.41, 5.74) is 3.83. The lowest BCUT2D eigenvalue weighted by molar-refractivity contribution is 0.573. The number of rotatable bonds is 8. The van der Waals surface area contributed by atoms with Gasteiger partial charge in [-0.15, -0.1) is 4.40 Å². The first-order valence-electron chi connectivity index (χ1n) is 10.1. The first-order valence-corrected chi connectivity index (χ1v) is 12.3. The van der Waals surface area contributed by atoms with E-state index in [4.69, 9.17) is 5.10 Å². The van der Waals surface area contributed by atoms with Crippen LogP contribution < -0.4 is 0 Å². The standard InChI is InChI=1S/C23H27BrN4O2S/c1-17(2)5-10-21-15-23(18-6-8-19(24)9-7-18)26-28(21)20-11-13-22(14-12-20)31(29,30)25-16-27(3)4/h6-9,11-17H,5,10H2,1-4H3/b25-16+. The molecule has 164 valence electrons. The van der Waals surface area contributed by atoms with Crippen LogP contribution in [-0.4, -0.2) is 43.5 Å². The van der Waals surface area contributed by atoms with Gasteiger partial charge in [0.25, 0.3) is 10.0 Å². The fourth-order valence-electron chi connectivity index (χ4n) is 3.00. The number of nitrogens with zero attached hydrogens (tertiary/aromatic N) is 4. The SMILES string of the molecule is CC(C)CCc1cc(-c2ccc(Br)cc2)nn1-c1ccc(S(=O)(=O)/N=C/N(C)C)cc1. The van der Waals surface area contributed by atoms with Gasteiger partial charge in [-0.05, 0) is 61.2 Å². The van der Waals surface area contributed by atoms with E-state index >= 15 is 0 Å². The van der Waals surface area contributed by atoms with Crippen molar-refractivity contribution in [3.63, 3.8) is 0 Å². The van der Waals surface area contributed by atoms with E-state index in [2.05, 4.69) is 40.2 Å². The summed E-state index contributed by atoms with van der Waals surface area (Å²) < 4.78 is 31.4. The predicted molar refractivity (Wildman–Crippen MR) is 129 cm³/mol. The number of hydrogen-bond donors (Lipinski definition) is 0. The average molecular weight is 503 g/mol. The van der Waals surface area contributed by atoms with Crippen LogP contribution in [0.2, 0.25) is 0 Å². The Morgan fingerprint density at radius 3 is 2.32 bits per heavy atom. The molecule has 6 nitrogen and oxygen atoms in total. The lowest BCUT2D eigenvalue weighted by Gasteiger charge is -2.09. The molecule has 0 spiro atoms. The van der Waals surface area contributed by atoms with Crippen LogP contribution in [0.4, 0.5) is 0 Å². The molecule has 0 unspecified atom stereocenters. The summed E-state index contributed by atoms with van der Waals surface area (Å²) in [5.74, 6) is 0.571. The smallest absolute Gasteiger partial charge is 0.283 e. The van der Waals surface area contributed by atoms with E-state index in [9.17, 15) is 8.42 Å². The van der Waals surface area contributed by atoms with E-state index in [1.54, 1.807) is 43.3 Å². The Bertz CT molecular complexity index is 1150. The molecule has 0 aliphatic rings. The third kappa shape index (κ3) is 6.04. The zero-order valence-corrected chi connectivity index (χ0v) is 20.6. The van der Waals surface area contributed by atoms with Crippen LogP contribution in [-0.2, 0) is 16.4 Å². The van der Waals surface area contributed by atoms with E-state index in [1.807, 2.05) is 28.9 Å². The van der Waals surface area contributed by atoms with Crippen molar-refractivity contribution in [2.24, 2.45) is 10.3 Å². The molecule has 3 aromatic rings. The second kappa shape index (κ2) is 9.78. The van der Waals surface area contributed by atoms with Crippen molar-refractivity contribution < 1.29 is 8.42 Å². The summed E-state index contributed by atoms with van der Waals surface area (Å²) in [7, 11) is -0.287. The minimum atomic E-state index is -3.73. The highest BCUT2D eigenvalue weighted by Gasteiger charge is 2.15. The van der Waals surface area contributed by atoms with Gasteiger partial charge in [0, 0.05) is 29.8 Å².